The van der Waals surface area contributed by atoms with Crippen molar-refractivity contribution in [2.75, 3.05) is 12.8 Å². The lowest BCUT2D eigenvalue weighted by Gasteiger charge is -2.27. The summed E-state index contributed by atoms with van der Waals surface area (Å²) < 4.78 is 2.01. The molecule has 0 radical (unpaired) electrons. The molecule has 0 fully saturated rings. The fraction of sp³-hybridized carbons (Fsp3) is 0.316. The Morgan fingerprint density at radius 3 is 2.80 bits per heavy atom. The van der Waals surface area contributed by atoms with Crippen molar-refractivity contribution >= 4 is 11.8 Å². The predicted molar refractivity (Wildman–Crippen MR) is 99.4 cm³/mol. The summed E-state index contributed by atoms with van der Waals surface area (Å²) in [6.07, 6.45) is 9.12. The molecule has 0 unspecified atom stereocenters. The van der Waals surface area contributed by atoms with E-state index < -0.39 is 0 Å². The number of fused-ring (bicyclic) bond motifs is 1. The highest BCUT2D eigenvalue weighted by molar-refractivity contribution is 7.98. The highest BCUT2D eigenvalue weighted by atomic mass is 32.2. The lowest BCUT2D eigenvalue weighted by Crippen LogP contribution is -2.30. The SMILES string of the molecule is CSc1ncc2c(n1)CCN(Cc1cnn(Cc3ccccc3)c1)C2. The van der Waals surface area contributed by atoms with Crippen LogP contribution in [0.1, 0.15) is 22.4 Å². The average molecular weight is 351 g/mol. The number of thioether (sulfide) groups is 1. The molecule has 0 amide bonds. The third-order valence-corrected chi connectivity index (χ3v) is 5.02. The van der Waals surface area contributed by atoms with Crippen LogP contribution in [0.2, 0.25) is 0 Å². The molecular weight excluding hydrogens is 330 g/mol. The maximum atomic E-state index is 4.63. The van der Waals surface area contributed by atoms with Gasteiger partial charge in [0.1, 0.15) is 0 Å². The van der Waals surface area contributed by atoms with E-state index in [1.165, 1.54) is 22.4 Å². The molecule has 6 heteroatoms. The molecular formula is C19H21N5S. The smallest absolute Gasteiger partial charge is 0.187 e. The first kappa shape index (κ1) is 16.3. The Bertz CT molecular complexity index is 846. The minimum absolute atomic E-state index is 0.814. The predicted octanol–water partition coefficient (Wildman–Crippen LogP) is 3.00. The molecule has 2 aromatic heterocycles. The van der Waals surface area contributed by atoms with Crippen LogP contribution in [0.4, 0.5) is 0 Å². The summed E-state index contributed by atoms with van der Waals surface area (Å²) in [7, 11) is 0. The van der Waals surface area contributed by atoms with E-state index in [1.807, 2.05) is 29.4 Å². The molecule has 25 heavy (non-hydrogen) atoms. The lowest BCUT2D eigenvalue weighted by molar-refractivity contribution is 0.242. The molecule has 1 aliphatic heterocycles. The zero-order valence-corrected chi connectivity index (χ0v) is 15.1. The molecule has 0 N–H and O–H groups in total. The van der Waals surface area contributed by atoms with Gasteiger partial charge in [0.05, 0.1) is 18.4 Å². The maximum Gasteiger partial charge on any atom is 0.187 e. The summed E-state index contributed by atoms with van der Waals surface area (Å²) in [5, 5.41) is 5.38. The van der Waals surface area contributed by atoms with Crippen LogP contribution in [0.15, 0.2) is 54.1 Å². The first-order valence-corrected chi connectivity index (χ1v) is 9.69. The lowest BCUT2D eigenvalue weighted by atomic mass is 10.1. The van der Waals surface area contributed by atoms with Gasteiger partial charge in [0, 0.05) is 49.6 Å². The average Bonchev–Trinajstić information content (AvgIpc) is 3.09. The molecule has 0 atom stereocenters. The molecule has 5 nitrogen and oxygen atoms in total. The number of aromatic nitrogens is 4. The van der Waals surface area contributed by atoms with Crippen LogP contribution >= 0.6 is 11.8 Å². The number of benzene rings is 1. The van der Waals surface area contributed by atoms with Crippen LogP contribution in [-0.2, 0) is 26.1 Å². The largest absolute Gasteiger partial charge is 0.294 e. The van der Waals surface area contributed by atoms with Crippen LogP contribution in [-0.4, -0.2) is 37.4 Å². The van der Waals surface area contributed by atoms with Crippen molar-refractivity contribution in [3.05, 3.63) is 71.3 Å². The molecule has 1 aliphatic rings. The summed E-state index contributed by atoms with van der Waals surface area (Å²) in [5.74, 6) is 0. The molecule has 0 bridgehead atoms. The number of hydrogen-bond donors (Lipinski definition) is 0. The van der Waals surface area contributed by atoms with Crippen molar-refractivity contribution in [1.82, 2.24) is 24.6 Å². The van der Waals surface area contributed by atoms with Gasteiger partial charge < -0.3 is 0 Å². The normalized spacial score (nSPS) is 14.4. The van der Waals surface area contributed by atoms with Crippen molar-refractivity contribution in [2.45, 2.75) is 31.2 Å². The van der Waals surface area contributed by atoms with Gasteiger partial charge in [0.15, 0.2) is 5.16 Å². The Morgan fingerprint density at radius 1 is 1.08 bits per heavy atom. The van der Waals surface area contributed by atoms with Crippen LogP contribution in [0, 0.1) is 0 Å². The topological polar surface area (TPSA) is 46.8 Å². The maximum absolute atomic E-state index is 4.63. The Hall–Kier alpha value is -2.18. The zero-order valence-electron chi connectivity index (χ0n) is 14.3. The van der Waals surface area contributed by atoms with Crippen LogP contribution in [0.3, 0.4) is 0 Å². The highest BCUT2D eigenvalue weighted by Gasteiger charge is 2.19. The van der Waals surface area contributed by atoms with Crippen LogP contribution in [0.25, 0.3) is 0 Å². The van der Waals surface area contributed by atoms with E-state index in [4.69, 9.17) is 0 Å². The van der Waals surface area contributed by atoms with Gasteiger partial charge in [-0.05, 0) is 11.8 Å². The number of hydrogen-bond acceptors (Lipinski definition) is 5. The Morgan fingerprint density at radius 2 is 1.96 bits per heavy atom. The van der Waals surface area contributed by atoms with E-state index in [0.29, 0.717) is 0 Å². The third kappa shape index (κ3) is 3.91. The molecule has 1 aromatic carbocycles. The van der Waals surface area contributed by atoms with E-state index in [2.05, 4.69) is 50.4 Å². The summed E-state index contributed by atoms with van der Waals surface area (Å²) in [6, 6.07) is 10.4. The van der Waals surface area contributed by atoms with E-state index in [1.54, 1.807) is 11.8 Å². The van der Waals surface area contributed by atoms with Gasteiger partial charge in [-0.25, -0.2) is 9.97 Å². The van der Waals surface area contributed by atoms with Crippen molar-refractivity contribution in [1.29, 1.82) is 0 Å². The molecule has 0 spiro atoms. The van der Waals surface area contributed by atoms with Gasteiger partial charge in [0.25, 0.3) is 0 Å². The molecule has 3 aromatic rings. The van der Waals surface area contributed by atoms with Crippen molar-refractivity contribution in [3.8, 4) is 0 Å². The first-order chi connectivity index (χ1) is 12.3. The summed E-state index contributed by atoms with van der Waals surface area (Å²) in [5.41, 5.74) is 4.97. The highest BCUT2D eigenvalue weighted by Crippen LogP contribution is 2.20. The number of nitrogens with zero attached hydrogens (tertiary/aromatic N) is 5. The molecule has 0 saturated heterocycles. The Balaban J connectivity index is 1.40. The molecule has 0 aliphatic carbocycles. The Labute approximate surface area is 152 Å². The van der Waals surface area contributed by atoms with Crippen molar-refractivity contribution in [2.24, 2.45) is 0 Å². The quantitative estimate of drug-likeness (QED) is 0.522. The first-order valence-electron chi connectivity index (χ1n) is 8.46. The fourth-order valence-corrected chi connectivity index (χ4v) is 3.55. The van der Waals surface area contributed by atoms with Gasteiger partial charge >= 0.3 is 0 Å². The zero-order chi connectivity index (χ0) is 17.1. The van der Waals surface area contributed by atoms with Gasteiger partial charge in [-0.1, -0.05) is 42.1 Å². The van der Waals surface area contributed by atoms with Gasteiger partial charge in [0.2, 0.25) is 0 Å². The summed E-state index contributed by atoms with van der Waals surface area (Å²) in [4.78, 5) is 11.5. The molecule has 4 rings (SSSR count). The minimum Gasteiger partial charge on any atom is -0.294 e. The monoisotopic (exact) mass is 351 g/mol. The Kier molecular flexibility index (Phi) is 4.81. The molecule has 0 saturated carbocycles. The van der Waals surface area contributed by atoms with Crippen LogP contribution in [0.5, 0.6) is 0 Å². The van der Waals surface area contributed by atoms with Gasteiger partial charge in [-0.15, -0.1) is 0 Å². The van der Waals surface area contributed by atoms with E-state index >= 15 is 0 Å². The molecule has 3 heterocycles. The second-order valence-corrected chi connectivity index (χ2v) is 7.09. The van der Waals surface area contributed by atoms with E-state index in [-0.39, 0.29) is 0 Å². The van der Waals surface area contributed by atoms with E-state index in [0.717, 1.165) is 37.8 Å². The fourth-order valence-electron chi connectivity index (χ4n) is 3.19. The minimum atomic E-state index is 0.814. The third-order valence-electron chi connectivity index (χ3n) is 4.45. The van der Waals surface area contributed by atoms with Gasteiger partial charge in [-0.2, -0.15) is 5.10 Å². The summed E-state index contributed by atoms with van der Waals surface area (Å²) in [6.45, 7) is 3.67. The van der Waals surface area contributed by atoms with E-state index in [9.17, 15) is 0 Å². The summed E-state index contributed by atoms with van der Waals surface area (Å²) >= 11 is 1.60. The van der Waals surface area contributed by atoms with Crippen LogP contribution < -0.4 is 0 Å². The van der Waals surface area contributed by atoms with Gasteiger partial charge in [-0.3, -0.25) is 9.58 Å². The second kappa shape index (κ2) is 7.37. The van der Waals surface area contributed by atoms with Crippen molar-refractivity contribution in [3.63, 3.8) is 0 Å². The second-order valence-electron chi connectivity index (χ2n) is 6.32. The molecule has 128 valence electrons. The standard InChI is InChI=1S/C19H21N5S/c1-25-19-20-10-17-14-23(8-7-18(17)22-19)11-16-9-21-24(13-16)12-15-5-3-2-4-6-15/h2-6,9-10,13H,7-8,11-12,14H2,1H3. The number of rotatable bonds is 5. The van der Waals surface area contributed by atoms with Crippen molar-refractivity contribution < 1.29 is 0 Å².